The van der Waals surface area contributed by atoms with Crippen LogP contribution in [-0.4, -0.2) is 59.6 Å². The fourth-order valence-electron chi connectivity index (χ4n) is 4.19. The molecular formula is C17H19N5O3. The molecule has 8 heteroatoms. The van der Waals surface area contributed by atoms with E-state index in [1.165, 1.54) is 16.4 Å². The molecule has 2 N–H and O–H groups in total. The lowest BCUT2D eigenvalue weighted by atomic mass is 9.91. The number of hydrazine groups is 1. The standard InChI is InChI=1S/C17H19N5O3/c23-15-3-4-21(17(25)19-15)22-7-10-5-13(1-2-14(10)16(22)24)20-8-11-6-12(9-20)18-11/h1-2,5,11-12,18H,3-4,6-9H2,(H,19,23,25). The number of fused-ring (bicyclic) bond motifs is 3. The van der Waals surface area contributed by atoms with Crippen LogP contribution in [0, 0.1) is 0 Å². The summed E-state index contributed by atoms with van der Waals surface area (Å²) in [5, 5.41) is 8.55. The van der Waals surface area contributed by atoms with Crippen molar-refractivity contribution in [3.05, 3.63) is 29.3 Å². The van der Waals surface area contributed by atoms with Gasteiger partial charge in [-0.25, -0.2) is 14.8 Å². The highest BCUT2D eigenvalue weighted by molar-refractivity contribution is 6.02. The van der Waals surface area contributed by atoms with E-state index in [2.05, 4.69) is 21.6 Å². The minimum absolute atomic E-state index is 0.186. The number of piperazine rings is 1. The Morgan fingerprint density at radius 1 is 1.04 bits per heavy atom. The maximum atomic E-state index is 12.7. The van der Waals surface area contributed by atoms with Gasteiger partial charge in [-0.15, -0.1) is 0 Å². The van der Waals surface area contributed by atoms with Crippen molar-refractivity contribution in [2.75, 3.05) is 24.5 Å². The van der Waals surface area contributed by atoms with Crippen molar-refractivity contribution in [2.24, 2.45) is 0 Å². The van der Waals surface area contributed by atoms with Gasteiger partial charge in [0.25, 0.3) is 5.91 Å². The van der Waals surface area contributed by atoms with Crippen LogP contribution in [0.25, 0.3) is 0 Å². The lowest BCUT2D eigenvalue weighted by Crippen LogP contribution is -2.67. The van der Waals surface area contributed by atoms with E-state index in [0.29, 0.717) is 24.2 Å². The molecule has 0 aromatic heterocycles. The van der Waals surface area contributed by atoms with Gasteiger partial charge in [0, 0.05) is 42.8 Å². The first kappa shape index (κ1) is 14.7. The van der Waals surface area contributed by atoms with Crippen LogP contribution in [0.3, 0.4) is 0 Å². The molecule has 5 aliphatic heterocycles. The third kappa shape index (κ3) is 2.28. The van der Waals surface area contributed by atoms with Crippen molar-refractivity contribution in [2.45, 2.75) is 31.5 Å². The number of carbonyl (C=O) groups is 3. The van der Waals surface area contributed by atoms with Crippen LogP contribution in [0.15, 0.2) is 18.2 Å². The predicted octanol–water partition coefficient (Wildman–Crippen LogP) is 0.0498. The van der Waals surface area contributed by atoms with Gasteiger partial charge in [0.2, 0.25) is 5.91 Å². The minimum Gasteiger partial charge on any atom is -0.368 e. The Morgan fingerprint density at radius 3 is 2.52 bits per heavy atom. The van der Waals surface area contributed by atoms with Gasteiger partial charge in [0.05, 0.1) is 13.1 Å². The zero-order valence-corrected chi connectivity index (χ0v) is 13.7. The third-order valence-electron chi connectivity index (χ3n) is 5.48. The van der Waals surface area contributed by atoms with Crippen molar-refractivity contribution in [1.82, 2.24) is 20.7 Å². The molecule has 6 rings (SSSR count). The summed E-state index contributed by atoms with van der Waals surface area (Å²) in [5.41, 5.74) is 2.69. The number of urea groups is 1. The summed E-state index contributed by atoms with van der Waals surface area (Å²) in [6.45, 7) is 2.58. The fraction of sp³-hybridized carbons (Fsp3) is 0.471. The molecule has 0 spiro atoms. The summed E-state index contributed by atoms with van der Waals surface area (Å²) < 4.78 is 0. The summed E-state index contributed by atoms with van der Waals surface area (Å²) in [5.74, 6) is -0.487. The molecule has 4 fully saturated rings. The highest BCUT2D eigenvalue weighted by Gasteiger charge is 2.39. The van der Waals surface area contributed by atoms with E-state index >= 15 is 0 Å². The first-order valence-corrected chi connectivity index (χ1v) is 8.65. The van der Waals surface area contributed by atoms with E-state index in [-0.39, 0.29) is 24.8 Å². The first-order chi connectivity index (χ1) is 12.1. The number of rotatable bonds is 2. The quantitative estimate of drug-likeness (QED) is 0.794. The average Bonchev–Trinajstić information content (AvgIpc) is 2.90. The van der Waals surface area contributed by atoms with Gasteiger partial charge >= 0.3 is 6.03 Å². The Bertz CT molecular complexity index is 778. The number of piperidine rings is 1. The van der Waals surface area contributed by atoms with Gasteiger partial charge in [0.1, 0.15) is 0 Å². The zero-order valence-electron chi connectivity index (χ0n) is 13.7. The SMILES string of the molecule is O=C1CCN(N2Cc3cc(N4CC5CC(C4)N5)ccc3C2=O)C(=O)N1. The maximum absolute atomic E-state index is 12.7. The zero-order chi connectivity index (χ0) is 17.1. The van der Waals surface area contributed by atoms with Gasteiger partial charge < -0.3 is 10.2 Å². The lowest BCUT2D eigenvalue weighted by molar-refractivity contribution is -0.123. The van der Waals surface area contributed by atoms with Gasteiger partial charge in [-0.1, -0.05) is 0 Å². The van der Waals surface area contributed by atoms with Crippen LogP contribution >= 0.6 is 0 Å². The molecule has 25 heavy (non-hydrogen) atoms. The highest BCUT2D eigenvalue weighted by atomic mass is 16.2. The van der Waals surface area contributed by atoms with Crippen LogP contribution in [0.1, 0.15) is 28.8 Å². The molecule has 8 nitrogen and oxygen atoms in total. The molecule has 4 amide bonds. The number of hydrogen-bond acceptors (Lipinski definition) is 5. The topological polar surface area (TPSA) is 85.0 Å². The molecule has 0 saturated carbocycles. The van der Waals surface area contributed by atoms with Gasteiger partial charge in [-0.05, 0) is 30.2 Å². The smallest absolute Gasteiger partial charge is 0.342 e. The van der Waals surface area contributed by atoms with Crippen LogP contribution in [-0.2, 0) is 11.3 Å². The second kappa shape index (κ2) is 5.19. The summed E-state index contributed by atoms with van der Waals surface area (Å²) in [7, 11) is 0. The van der Waals surface area contributed by atoms with Gasteiger partial charge in [0.15, 0.2) is 0 Å². The van der Waals surface area contributed by atoms with Crippen molar-refractivity contribution < 1.29 is 14.4 Å². The van der Waals surface area contributed by atoms with Crippen LogP contribution in [0.2, 0.25) is 0 Å². The van der Waals surface area contributed by atoms with Crippen molar-refractivity contribution in [3.8, 4) is 0 Å². The van der Waals surface area contributed by atoms with Crippen molar-refractivity contribution >= 4 is 23.5 Å². The van der Waals surface area contributed by atoms with Crippen LogP contribution in [0.5, 0.6) is 0 Å². The van der Waals surface area contributed by atoms with Crippen LogP contribution < -0.4 is 15.5 Å². The average molecular weight is 341 g/mol. The number of nitrogens with zero attached hydrogens (tertiary/aromatic N) is 3. The number of hydrogen-bond donors (Lipinski definition) is 2. The van der Waals surface area contributed by atoms with Crippen molar-refractivity contribution in [1.29, 1.82) is 0 Å². The number of imide groups is 1. The summed E-state index contributed by atoms with van der Waals surface area (Å²) in [6, 6.07) is 6.52. The number of nitrogens with one attached hydrogen (secondary N) is 2. The Hall–Kier alpha value is -2.61. The second-order valence-corrected chi connectivity index (χ2v) is 7.13. The van der Waals surface area contributed by atoms with E-state index in [1.54, 1.807) is 0 Å². The normalized spacial score (nSPS) is 28.0. The van der Waals surface area contributed by atoms with Gasteiger partial charge in [-0.2, -0.15) is 0 Å². The maximum Gasteiger partial charge on any atom is 0.342 e. The van der Waals surface area contributed by atoms with Gasteiger partial charge in [-0.3, -0.25) is 14.9 Å². The second-order valence-electron chi connectivity index (χ2n) is 7.13. The monoisotopic (exact) mass is 341 g/mol. The van der Waals surface area contributed by atoms with Crippen LogP contribution in [0.4, 0.5) is 10.5 Å². The van der Waals surface area contributed by atoms with E-state index in [0.717, 1.165) is 24.3 Å². The fourth-order valence-corrected chi connectivity index (χ4v) is 4.19. The molecule has 2 bridgehead atoms. The Morgan fingerprint density at radius 2 is 1.80 bits per heavy atom. The number of benzene rings is 1. The molecule has 1 aromatic rings. The van der Waals surface area contributed by atoms with E-state index in [9.17, 15) is 14.4 Å². The number of anilines is 1. The Labute approximate surface area is 144 Å². The molecule has 5 aliphatic rings. The molecule has 2 atom stereocenters. The largest absolute Gasteiger partial charge is 0.368 e. The number of amides is 4. The third-order valence-corrected chi connectivity index (χ3v) is 5.48. The summed E-state index contributed by atoms with van der Waals surface area (Å²) >= 11 is 0. The molecule has 0 aliphatic carbocycles. The van der Waals surface area contributed by atoms with E-state index in [1.807, 2.05) is 12.1 Å². The first-order valence-electron chi connectivity index (χ1n) is 8.65. The van der Waals surface area contributed by atoms with E-state index < -0.39 is 6.03 Å². The lowest BCUT2D eigenvalue weighted by Gasteiger charge is -2.49. The molecule has 130 valence electrons. The Kier molecular flexibility index (Phi) is 3.05. The molecule has 0 radical (unpaired) electrons. The predicted molar refractivity (Wildman–Crippen MR) is 88.7 cm³/mol. The molecule has 2 unspecified atom stereocenters. The molecule has 4 saturated heterocycles. The summed E-state index contributed by atoms with van der Waals surface area (Å²) in [4.78, 5) is 38.4. The van der Waals surface area contributed by atoms with E-state index in [4.69, 9.17) is 0 Å². The molecule has 1 aromatic carbocycles. The van der Waals surface area contributed by atoms with Crippen molar-refractivity contribution in [3.63, 3.8) is 0 Å². The minimum atomic E-state index is -0.528. The number of carbonyl (C=O) groups excluding carboxylic acids is 3. The molecule has 5 heterocycles. The highest BCUT2D eigenvalue weighted by Crippen LogP contribution is 2.31. The molecular weight excluding hydrogens is 322 g/mol. The Balaban J connectivity index is 1.37. The summed E-state index contributed by atoms with van der Waals surface area (Å²) in [6.07, 6.45) is 1.46.